The number of rotatable bonds is 11. The van der Waals surface area contributed by atoms with Crippen LogP contribution in [0, 0.1) is 0 Å². The highest BCUT2D eigenvalue weighted by Gasteiger charge is 2.36. The van der Waals surface area contributed by atoms with E-state index < -0.39 is 25.0 Å². The summed E-state index contributed by atoms with van der Waals surface area (Å²) in [6, 6.07) is 2.50. The molecule has 0 rings (SSSR count). The molecule has 3 nitrogen and oxygen atoms in total. The molecule has 6 heteroatoms. The first-order chi connectivity index (χ1) is 9.04. The highest BCUT2D eigenvalue weighted by Crippen LogP contribution is 2.22. The third-order valence-electron chi connectivity index (χ3n) is 3.52. The van der Waals surface area contributed by atoms with Crippen LogP contribution in [0.25, 0.3) is 0 Å². The molecule has 0 atom stereocenters. The van der Waals surface area contributed by atoms with Crippen molar-refractivity contribution in [3.8, 4) is 0 Å². The first-order valence-electron chi connectivity index (χ1n) is 8.08. The molecule has 0 aliphatic heterocycles. The van der Waals surface area contributed by atoms with Crippen molar-refractivity contribution >= 4 is 25.0 Å². The van der Waals surface area contributed by atoms with Gasteiger partial charge in [0, 0.05) is 6.23 Å². The normalized spacial score (nSPS) is 13.8. The Morgan fingerprint density at radius 1 is 0.900 bits per heavy atom. The second-order valence-corrected chi connectivity index (χ2v) is 20.8. The van der Waals surface area contributed by atoms with Crippen molar-refractivity contribution in [1.82, 2.24) is 0 Å². The molecule has 0 saturated carbocycles. The van der Waals surface area contributed by atoms with Gasteiger partial charge in [-0.3, -0.25) is 0 Å². The molecule has 0 heterocycles. The zero-order valence-electron chi connectivity index (χ0n) is 14.8. The van der Waals surface area contributed by atoms with Crippen molar-refractivity contribution in [3.63, 3.8) is 0 Å². The largest absolute Gasteiger partial charge is 0.436 e. The third kappa shape index (κ3) is 10.3. The van der Waals surface area contributed by atoms with Crippen LogP contribution >= 0.6 is 0 Å². The SMILES string of the molecule is CCCC[Si](C)(C)CO[Si](C)(C)O[Si](C)(C)CCCN. The summed E-state index contributed by atoms with van der Waals surface area (Å²) in [6.45, 7) is 16.9. The third-order valence-corrected chi connectivity index (χ3v) is 13.0. The van der Waals surface area contributed by atoms with E-state index in [1.807, 2.05) is 0 Å². The number of unbranched alkanes of at least 4 members (excludes halogenated alkanes) is 1. The molecular formula is C14H37NO2Si3. The first-order valence-corrected chi connectivity index (χ1v) is 17.4. The molecule has 2 N–H and O–H groups in total. The fourth-order valence-corrected chi connectivity index (χ4v) is 13.8. The van der Waals surface area contributed by atoms with Crippen molar-refractivity contribution in [2.75, 3.05) is 12.8 Å². The molecule has 0 spiro atoms. The fourth-order valence-electron chi connectivity index (χ4n) is 2.37. The standard InChI is InChI=1S/C14H37NO2Si3/c1-8-9-12-18(2,3)14-16-20(6,7)17-19(4,5)13-10-11-15/h8-15H2,1-7H3. The lowest BCUT2D eigenvalue weighted by atomic mass is 10.4. The summed E-state index contributed by atoms with van der Waals surface area (Å²) in [7, 11) is -4.80. The summed E-state index contributed by atoms with van der Waals surface area (Å²) in [5, 5.41) is 0. The fraction of sp³-hybridized carbons (Fsp3) is 1.00. The van der Waals surface area contributed by atoms with Crippen molar-refractivity contribution in [2.24, 2.45) is 5.73 Å². The molecule has 0 aliphatic rings. The Morgan fingerprint density at radius 2 is 1.50 bits per heavy atom. The molecule has 0 aromatic heterocycles. The number of hydrogen-bond acceptors (Lipinski definition) is 3. The van der Waals surface area contributed by atoms with E-state index in [1.54, 1.807) is 0 Å². The summed E-state index contributed by atoms with van der Waals surface area (Å²) >= 11 is 0. The summed E-state index contributed by atoms with van der Waals surface area (Å²) in [4.78, 5) is 0. The molecule has 0 aromatic rings. The summed E-state index contributed by atoms with van der Waals surface area (Å²) in [5.74, 6) is 0. The monoisotopic (exact) mass is 335 g/mol. The average Bonchev–Trinajstić information content (AvgIpc) is 2.31. The van der Waals surface area contributed by atoms with Crippen LogP contribution in [0.2, 0.25) is 51.4 Å². The van der Waals surface area contributed by atoms with Crippen LogP contribution in [-0.2, 0) is 8.54 Å². The lowest BCUT2D eigenvalue weighted by Gasteiger charge is -2.35. The molecule has 0 fully saturated rings. The molecule has 20 heavy (non-hydrogen) atoms. The molecule has 122 valence electrons. The van der Waals surface area contributed by atoms with Crippen LogP contribution < -0.4 is 5.73 Å². The first kappa shape index (κ1) is 20.5. The van der Waals surface area contributed by atoms with Gasteiger partial charge >= 0.3 is 8.56 Å². The van der Waals surface area contributed by atoms with Gasteiger partial charge in [-0.2, -0.15) is 0 Å². The quantitative estimate of drug-likeness (QED) is 0.572. The summed E-state index contributed by atoms with van der Waals surface area (Å²) in [5.41, 5.74) is 5.61. The maximum Gasteiger partial charge on any atom is 0.321 e. The van der Waals surface area contributed by atoms with Crippen molar-refractivity contribution in [3.05, 3.63) is 0 Å². The predicted molar refractivity (Wildman–Crippen MR) is 97.7 cm³/mol. The van der Waals surface area contributed by atoms with Crippen LogP contribution in [0.5, 0.6) is 0 Å². The van der Waals surface area contributed by atoms with E-state index in [9.17, 15) is 0 Å². The van der Waals surface area contributed by atoms with Gasteiger partial charge in [0.05, 0.1) is 8.07 Å². The van der Waals surface area contributed by atoms with Crippen molar-refractivity contribution in [2.45, 2.75) is 77.6 Å². The van der Waals surface area contributed by atoms with Crippen LogP contribution in [-0.4, -0.2) is 37.7 Å². The molecule has 0 bridgehead atoms. The molecule has 0 radical (unpaired) electrons. The van der Waals surface area contributed by atoms with Gasteiger partial charge in [-0.05, 0) is 45.2 Å². The Kier molecular flexibility index (Phi) is 9.08. The Labute approximate surface area is 130 Å². The van der Waals surface area contributed by atoms with Crippen LogP contribution in [0.15, 0.2) is 0 Å². The lowest BCUT2D eigenvalue weighted by Crippen LogP contribution is -2.49. The van der Waals surface area contributed by atoms with Gasteiger partial charge in [0.2, 0.25) is 0 Å². The molecule has 0 saturated heterocycles. The summed E-state index contributed by atoms with van der Waals surface area (Å²) in [6.07, 6.45) is 4.64. The smallest absolute Gasteiger partial charge is 0.321 e. The van der Waals surface area contributed by atoms with Gasteiger partial charge in [0.1, 0.15) is 0 Å². The van der Waals surface area contributed by atoms with Crippen molar-refractivity contribution in [1.29, 1.82) is 0 Å². The van der Waals surface area contributed by atoms with Crippen LogP contribution in [0.1, 0.15) is 26.2 Å². The lowest BCUT2D eigenvalue weighted by molar-refractivity contribution is 0.285. The van der Waals surface area contributed by atoms with Gasteiger partial charge in [-0.1, -0.05) is 38.9 Å². The van der Waals surface area contributed by atoms with E-state index in [0.29, 0.717) is 0 Å². The Balaban J connectivity index is 4.30. The topological polar surface area (TPSA) is 44.5 Å². The van der Waals surface area contributed by atoms with E-state index in [0.717, 1.165) is 25.2 Å². The van der Waals surface area contributed by atoms with Gasteiger partial charge in [0.25, 0.3) is 0 Å². The molecule has 0 amide bonds. The van der Waals surface area contributed by atoms with Gasteiger partial charge < -0.3 is 14.3 Å². The Hall–Kier alpha value is 0.531. The van der Waals surface area contributed by atoms with E-state index >= 15 is 0 Å². The van der Waals surface area contributed by atoms with E-state index in [1.165, 1.54) is 18.9 Å². The maximum absolute atomic E-state index is 6.45. The minimum Gasteiger partial charge on any atom is -0.436 e. The van der Waals surface area contributed by atoms with Crippen molar-refractivity contribution < 1.29 is 8.54 Å². The van der Waals surface area contributed by atoms with E-state index in [2.05, 4.69) is 46.2 Å². The second-order valence-electron chi connectivity index (χ2n) is 7.71. The van der Waals surface area contributed by atoms with E-state index in [4.69, 9.17) is 14.3 Å². The minimum absolute atomic E-state index is 0.763. The highest BCUT2D eigenvalue weighted by molar-refractivity contribution is 6.83. The average molecular weight is 336 g/mol. The van der Waals surface area contributed by atoms with Gasteiger partial charge in [0.15, 0.2) is 8.32 Å². The van der Waals surface area contributed by atoms with Crippen LogP contribution in [0.3, 0.4) is 0 Å². The zero-order chi connectivity index (χ0) is 15.9. The molecule has 0 aliphatic carbocycles. The van der Waals surface area contributed by atoms with Crippen LogP contribution in [0.4, 0.5) is 0 Å². The zero-order valence-corrected chi connectivity index (χ0v) is 17.8. The molecular weight excluding hydrogens is 298 g/mol. The Bertz CT molecular complexity index is 271. The number of nitrogens with two attached hydrogens (primary N) is 1. The molecule has 0 unspecified atom stereocenters. The predicted octanol–water partition coefficient (Wildman–Crippen LogP) is 4.32. The maximum atomic E-state index is 6.45. The molecule has 0 aromatic carbocycles. The highest BCUT2D eigenvalue weighted by atomic mass is 28.4. The second kappa shape index (κ2) is 8.85. The van der Waals surface area contributed by atoms with Gasteiger partial charge in [-0.25, -0.2) is 0 Å². The summed E-state index contributed by atoms with van der Waals surface area (Å²) < 4.78 is 12.7. The Morgan fingerprint density at radius 3 is 2.00 bits per heavy atom. The number of hydrogen-bond donors (Lipinski definition) is 1. The minimum atomic E-state index is -1.98. The van der Waals surface area contributed by atoms with E-state index in [-0.39, 0.29) is 0 Å². The van der Waals surface area contributed by atoms with Gasteiger partial charge in [-0.15, -0.1) is 0 Å².